The van der Waals surface area contributed by atoms with Gasteiger partial charge in [-0.15, -0.1) is 0 Å². The Hall–Kier alpha value is -1.08. The van der Waals surface area contributed by atoms with E-state index in [2.05, 4.69) is 31.2 Å². The highest BCUT2D eigenvalue weighted by molar-refractivity contribution is 5.16. The topological polar surface area (TPSA) is 20.2 Å². The molecule has 0 bridgehead atoms. The molecule has 1 aliphatic carbocycles. The van der Waals surface area contributed by atoms with Crippen LogP contribution in [0.25, 0.3) is 0 Å². The SMILES string of the molecule is C[C@@H]1CC=C[C@H]([C@@H](O)Cc2ccccc2)C1. The maximum absolute atomic E-state index is 10.2. The van der Waals surface area contributed by atoms with Gasteiger partial charge in [0, 0.05) is 5.92 Å². The summed E-state index contributed by atoms with van der Waals surface area (Å²) in [6, 6.07) is 10.2. The predicted octanol–water partition coefficient (Wildman–Crippen LogP) is 3.19. The van der Waals surface area contributed by atoms with Crippen LogP contribution in [0.2, 0.25) is 0 Å². The summed E-state index contributed by atoms with van der Waals surface area (Å²) in [5.74, 6) is 1.05. The molecule has 1 aromatic carbocycles. The third-order valence-corrected chi connectivity index (χ3v) is 3.38. The monoisotopic (exact) mass is 216 g/mol. The summed E-state index contributed by atoms with van der Waals surface area (Å²) in [6.07, 6.45) is 7.21. The lowest BCUT2D eigenvalue weighted by molar-refractivity contribution is 0.114. The normalized spacial score (nSPS) is 26.6. The zero-order chi connectivity index (χ0) is 11.4. The smallest absolute Gasteiger partial charge is 0.0643 e. The first kappa shape index (κ1) is 11.4. The molecule has 1 aromatic rings. The Labute approximate surface area is 97.8 Å². The third-order valence-electron chi connectivity index (χ3n) is 3.38. The van der Waals surface area contributed by atoms with Gasteiger partial charge in [-0.25, -0.2) is 0 Å². The van der Waals surface area contributed by atoms with Crippen LogP contribution in [0.5, 0.6) is 0 Å². The van der Waals surface area contributed by atoms with Gasteiger partial charge < -0.3 is 5.11 Å². The molecule has 0 spiro atoms. The van der Waals surface area contributed by atoms with Crippen LogP contribution in [-0.2, 0) is 6.42 Å². The Bertz CT molecular complexity index is 342. The largest absolute Gasteiger partial charge is 0.392 e. The number of hydrogen-bond donors (Lipinski definition) is 1. The molecule has 1 heteroatoms. The van der Waals surface area contributed by atoms with E-state index in [1.165, 1.54) is 5.56 Å². The summed E-state index contributed by atoms with van der Waals surface area (Å²) in [5, 5.41) is 10.2. The number of hydrogen-bond acceptors (Lipinski definition) is 1. The van der Waals surface area contributed by atoms with E-state index >= 15 is 0 Å². The molecule has 1 N–H and O–H groups in total. The highest BCUT2D eigenvalue weighted by Gasteiger charge is 2.21. The average Bonchev–Trinajstić information content (AvgIpc) is 2.30. The highest BCUT2D eigenvalue weighted by atomic mass is 16.3. The molecule has 0 aliphatic heterocycles. The standard InChI is InChI=1S/C15H20O/c1-12-6-5-9-14(10-12)15(16)11-13-7-3-2-4-8-13/h2-5,7-9,12,14-16H,6,10-11H2,1H3/t12-,14+,15+/m1/s1. The molecule has 86 valence electrons. The van der Waals surface area contributed by atoms with E-state index in [0.29, 0.717) is 11.8 Å². The summed E-state index contributed by atoms with van der Waals surface area (Å²) < 4.78 is 0. The fourth-order valence-electron chi connectivity index (χ4n) is 2.42. The second-order valence-corrected chi connectivity index (χ2v) is 4.93. The number of allylic oxidation sites excluding steroid dienone is 1. The zero-order valence-electron chi connectivity index (χ0n) is 9.84. The maximum atomic E-state index is 10.2. The van der Waals surface area contributed by atoms with Gasteiger partial charge in [0.05, 0.1) is 6.10 Å². The molecule has 3 atom stereocenters. The number of aliphatic hydroxyl groups is 1. The number of benzene rings is 1. The molecular weight excluding hydrogens is 196 g/mol. The number of aliphatic hydroxyl groups excluding tert-OH is 1. The zero-order valence-corrected chi connectivity index (χ0v) is 9.84. The molecule has 1 aliphatic rings. The van der Waals surface area contributed by atoms with Crippen molar-refractivity contribution < 1.29 is 5.11 Å². The van der Waals surface area contributed by atoms with Gasteiger partial charge in [-0.2, -0.15) is 0 Å². The molecular formula is C15H20O. The molecule has 0 amide bonds. The van der Waals surface area contributed by atoms with E-state index in [9.17, 15) is 5.11 Å². The van der Waals surface area contributed by atoms with Gasteiger partial charge in [0.25, 0.3) is 0 Å². The Balaban J connectivity index is 1.95. The van der Waals surface area contributed by atoms with Crippen molar-refractivity contribution in [3.05, 3.63) is 48.0 Å². The van der Waals surface area contributed by atoms with Crippen molar-refractivity contribution >= 4 is 0 Å². The quantitative estimate of drug-likeness (QED) is 0.769. The van der Waals surface area contributed by atoms with Crippen molar-refractivity contribution in [2.24, 2.45) is 11.8 Å². The van der Waals surface area contributed by atoms with Gasteiger partial charge in [0.1, 0.15) is 0 Å². The maximum Gasteiger partial charge on any atom is 0.0643 e. The first-order valence-electron chi connectivity index (χ1n) is 6.14. The van der Waals surface area contributed by atoms with Crippen molar-refractivity contribution in [3.8, 4) is 0 Å². The highest BCUT2D eigenvalue weighted by Crippen LogP contribution is 2.26. The Morgan fingerprint density at radius 2 is 2.06 bits per heavy atom. The fraction of sp³-hybridized carbons (Fsp3) is 0.467. The molecule has 16 heavy (non-hydrogen) atoms. The van der Waals surface area contributed by atoms with E-state index in [1.54, 1.807) is 0 Å². The van der Waals surface area contributed by atoms with Crippen LogP contribution in [0.1, 0.15) is 25.3 Å². The molecule has 0 saturated carbocycles. The van der Waals surface area contributed by atoms with E-state index in [1.807, 2.05) is 18.2 Å². The molecule has 0 radical (unpaired) electrons. The van der Waals surface area contributed by atoms with Crippen LogP contribution in [-0.4, -0.2) is 11.2 Å². The second kappa shape index (κ2) is 5.31. The van der Waals surface area contributed by atoms with E-state index in [0.717, 1.165) is 19.3 Å². The van der Waals surface area contributed by atoms with Crippen LogP contribution < -0.4 is 0 Å². The third kappa shape index (κ3) is 2.96. The molecule has 0 unspecified atom stereocenters. The summed E-state index contributed by atoms with van der Waals surface area (Å²) in [7, 11) is 0. The van der Waals surface area contributed by atoms with Gasteiger partial charge in [-0.1, -0.05) is 49.4 Å². The first-order chi connectivity index (χ1) is 7.75. The second-order valence-electron chi connectivity index (χ2n) is 4.93. The van der Waals surface area contributed by atoms with E-state index in [4.69, 9.17) is 0 Å². The van der Waals surface area contributed by atoms with Crippen molar-refractivity contribution in [2.45, 2.75) is 32.3 Å². The minimum Gasteiger partial charge on any atom is -0.392 e. The van der Waals surface area contributed by atoms with Crippen LogP contribution in [0, 0.1) is 11.8 Å². The Morgan fingerprint density at radius 3 is 2.75 bits per heavy atom. The van der Waals surface area contributed by atoms with Crippen molar-refractivity contribution in [2.75, 3.05) is 0 Å². The van der Waals surface area contributed by atoms with Gasteiger partial charge in [-0.05, 0) is 30.7 Å². The van der Waals surface area contributed by atoms with Gasteiger partial charge in [0.2, 0.25) is 0 Å². The molecule has 2 rings (SSSR count). The average molecular weight is 216 g/mol. The predicted molar refractivity (Wildman–Crippen MR) is 67.2 cm³/mol. The summed E-state index contributed by atoms with van der Waals surface area (Å²) >= 11 is 0. The fourth-order valence-corrected chi connectivity index (χ4v) is 2.42. The molecule has 0 saturated heterocycles. The lowest BCUT2D eigenvalue weighted by Gasteiger charge is -2.26. The van der Waals surface area contributed by atoms with Crippen molar-refractivity contribution in [1.82, 2.24) is 0 Å². The molecule has 0 fully saturated rings. The van der Waals surface area contributed by atoms with Crippen molar-refractivity contribution in [3.63, 3.8) is 0 Å². The van der Waals surface area contributed by atoms with E-state index < -0.39 is 0 Å². The van der Waals surface area contributed by atoms with Crippen LogP contribution in [0.15, 0.2) is 42.5 Å². The lowest BCUT2D eigenvalue weighted by atomic mass is 9.83. The first-order valence-corrected chi connectivity index (χ1v) is 6.14. The van der Waals surface area contributed by atoms with Crippen LogP contribution in [0.4, 0.5) is 0 Å². The molecule has 0 aromatic heterocycles. The number of rotatable bonds is 3. The molecule has 1 nitrogen and oxygen atoms in total. The van der Waals surface area contributed by atoms with E-state index in [-0.39, 0.29) is 6.10 Å². The molecule has 0 heterocycles. The summed E-state index contributed by atoms with van der Waals surface area (Å²) in [5.41, 5.74) is 1.22. The lowest BCUT2D eigenvalue weighted by Crippen LogP contribution is -2.25. The van der Waals surface area contributed by atoms with Gasteiger partial charge in [0.15, 0.2) is 0 Å². The summed E-state index contributed by atoms with van der Waals surface area (Å²) in [6.45, 7) is 2.26. The minimum atomic E-state index is -0.235. The van der Waals surface area contributed by atoms with Crippen LogP contribution in [0.3, 0.4) is 0 Å². The van der Waals surface area contributed by atoms with Gasteiger partial charge in [-0.3, -0.25) is 0 Å². The van der Waals surface area contributed by atoms with Gasteiger partial charge >= 0.3 is 0 Å². The summed E-state index contributed by atoms with van der Waals surface area (Å²) in [4.78, 5) is 0. The minimum absolute atomic E-state index is 0.235. The van der Waals surface area contributed by atoms with Crippen LogP contribution >= 0.6 is 0 Å². The Morgan fingerprint density at radius 1 is 1.31 bits per heavy atom. The van der Waals surface area contributed by atoms with Crippen molar-refractivity contribution in [1.29, 1.82) is 0 Å². The Kier molecular flexibility index (Phi) is 3.79.